The van der Waals surface area contributed by atoms with Crippen molar-refractivity contribution >= 4 is 11.4 Å². The lowest BCUT2D eigenvalue weighted by atomic mass is 10.0. The van der Waals surface area contributed by atoms with Gasteiger partial charge in [-0.3, -0.25) is 0 Å². The molecule has 1 unspecified atom stereocenters. The Morgan fingerprint density at radius 1 is 1.56 bits per heavy atom. The molecule has 1 saturated heterocycles. The fourth-order valence-electron chi connectivity index (χ4n) is 1.86. The molecular weight excluding hydrogens is 202 g/mol. The van der Waals surface area contributed by atoms with E-state index in [1.54, 1.807) is 12.1 Å². The van der Waals surface area contributed by atoms with Gasteiger partial charge in [-0.05, 0) is 31.5 Å². The highest BCUT2D eigenvalue weighted by atomic mass is 16.5. The minimum Gasteiger partial charge on any atom is -0.398 e. The standard InChI is InChI=1S/C12H15N3O/c1-12(4-5-16-8-12)15-10-3-2-9(7-13)11(14)6-10/h2-3,6,15H,4-5,8,14H2,1H3. The molecule has 1 aromatic rings. The topological polar surface area (TPSA) is 71.1 Å². The lowest BCUT2D eigenvalue weighted by molar-refractivity contribution is 0.185. The van der Waals surface area contributed by atoms with Crippen LogP contribution < -0.4 is 11.1 Å². The number of benzene rings is 1. The number of hydrogen-bond acceptors (Lipinski definition) is 4. The molecule has 0 saturated carbocycles. The zero-order chi connectivity index (χ0) is 11.6. The van der Waals surface area contributed by atoms with Crippen molar-refractivity contribution < 1.29 is 4.74 Å². The fourth-order valence-corrected chi connectivity index (χ4v) is 1.86. The summed E-state index contributed by atoms with van der Waals surface area (Å²) in [5.41, 5.74) is 7.68. The lowest BCUT2D eigenvalue weighted by Gasteiger charge is -2.25. The average molecular weight is 217 g/mol. The van der Waals surface area contributed by atoms with Gasteiger partial charge in [-0.25, -0.2) is 0 Å². The van der Waals surface area contributed by atoms with Crippen LogP contribution in [0.4, 0.5) is 11.4 Å². The molecule has 0 radical (unpaired) electrons. The van der Waals surface area contributed by atoms with Gasteiger partial charge in [-0.15, -0.1) is 0 Å². The van der Waals surface area contributed by atoms with Crippen LogP contribution in [-0.4, -0.2) is 18.8 Å². The third-order valence-electron chi connectivity index (χ3n) is 2.84. The number of nitrogens with one attached hydrogen (secondary N) is 1. The van der Waals surface area contributed by atoms with Crippen LogP contribution in [0.3, 0.4) is 0 Å². The van der Waals surface area contributed by atoms with Gasteiger partial charge in [0.1, 0.15) is 6.07 Å². The first-order valence-electron chi connectivity index (χ1n) is 5.28. The van der Waals surface area contributed by atoms with Crippen LogP contribution in [0.15, 0.2) is 18.2 Å². The molecule has 0 aromatic heterocycles. The first-order chi connectivity index (χ1) is 7.63. The Morgan fingerprint density at radius 3 is 2.94 bits per heavy atom. The Hall–Kier alpha value is -1.73. The maximum atomic E-state index is 8.77. The van der Waals surface area contributed by atoms with Gasteiger partial charge in [-0.2, -0.15) is 5.26 Å². The van der Waals surface area contributed by atoms with Gasteiger partial charge in [0, 0.05) is 12.3 Å². The summed E-state index contributed by atoms with van der Waals surface area (Å²) in [5.74, 6) is 0. The van der Waals surface area contributed by atoms with Crippen LogP contribution >= 0.6 is 0 Å². The maximum absolute atomic E-state index is 8.77. The molecule has 1 aliphatic heterocycles. The summed E-state index contributed by atoms with van der Waals surface area (Å²) in [6.45, 7) is 3.61. The first kappa shape index (κ1) is 10.8. The Morgan fingerprint density at radius 2 is 2.38 bits per heavy atom. The Balaban J connectivity index is 2.16. The van der Waals surface area contributed by atoms with Crippen LogP contribution in [0, 0.1) is 11.3 Å². The molecule has 84 valence electrons. The molecular formula is C12H15N3O. The molecule has 1 atom stereocenters. The molecule has 1 aromatic carbocycles. The van der Waals surface area contributed by atoms with Gasteiger partial charge in [0.25, 0.3) is 0 Å². The van der Waals surface area contributed by atoms with E-state index < -0.39 is 0 Å². The summed E-state index contributed by atoms with van der Waals surface area (Å²) in [7, 11) is 0. The molecule has 0 aliphatic carbocycles. The SMILES string of the molecule is CC1(Nc2ccc(C#N)c(N)c2)CCOC1. The summed E-state index contributed by atoms with van der Waals surface area (Å²) in [6, 6.07) is 7.45. The number of nitriles is 1. The molecule has 1 fully saturated rings. The van der Waals surface area contributed by atoms with Crippen molar-refractivity contribution in [1.82, 2.24) is 0 Å². The predicted molar refractivity (Wildman–Crippen MR) is 63.0 cm³/mol. The summed E-state index contributed by atoms with van der Waals surface area (Å²) >= 11 is 0. The number of nitrogen functional groups attached to an aromatic ring is 1. The number of ether oxygens (including phenoxy) is 1. The molecule has 2 rings (SSSR count). The number of hydrogen-bond donors (Lipinski definition) is 2. The van der Waals surface area contributed by atoms with Gasteiger partial charge in [0.05, 0.1) is 23.4 Å². The van der Waals surface area contributed by atoms with Crippen molar-refractivity contribution in [1.29, 1.82) is 5.26 Å². The average Bonchev–Trinajstić information content (AvgIpc) is 2.65. The molecule has 4 nitrogen and oxygen atoms in total. The summed E-state index contributed by atoms with van der Waals surface area (Å²) in [4.78, 5) is 0. The Labute approximate surface area is 95.0 Å². The Kier molecular flexibility index (Phi) is 2.71. The van der Waals surface area contributed by atoms with Gasteiger partial charge >= 0.3 is 0 Å². The van der Waals surface area contributed by atoms with Crippen LogP contribution in [-0.2, 0) is 4.74 Å². The lowest BCUT2D eigenvalue weighted by Crippen LogP contribution is -2.34. The monoisotopic (exact) mass is 217 g/mol. The number of rotatable bonds is 2. The van der Waals surface area contributed by atoms with Crippen LogP contribution in [0.5, 0.6) is 0 Å². The van der Waals surface area contributed by atoms with Gasteiger partial charge < -0.3 is 15.8 Å². The van der Waals surface area contributed by atoms with E-state index in [1.165, 1.54) is 0 Å². The minimum absolute atomic E-state index is 0.0272. The first-order valence-corrected chi connectivity index (χ1v) is 5.28. The smallest absolute Gasteiger partial charge is 0.101 e. The third kappa shape index (κ3) is 2.10. The highest BCUT2D eigenvalue weighted by Gasteiger charge is 2.29. The largest absolute Gasteiger partial charge is 0.398 e. The zero-order valence-electron chi connectivity index (χ0n) is 9.29. The van der Waals surface area contributed by atoms with E-state index in [9.17, 15) is 0 Å². The molecule has 3 N–H and O–H groups in total. The van der Waals surface area contributed by atoms with Crippen molar-refractivity contribution in [2.24, 2.45) is 0 Å². The Bertz CT molecular complexity index is 430. The van der Waals surface area contributed by atoms with Crippen molar-refractivity contribution in [2.45, 2.75) is 18.9 Å². The van der Waals surface area contributed by atoms with E-state index >= 15 is 0 Å². The van der Waals surface area contributed by atoms with Crippen molar-refractivity contribution in [2.75, 3.05) is 24.3 Å². The third-order valence-corrected chi connectivity index (χ3v) is 2.84. The second-order valence-corrected chi connectivity index (χ2v) is 4.40. The molecule has 1 heterocycles. The quantitative estimate of drug-likeness (QED) is 0.740. The van der Waals surface area contributed by atoms with Crippen molar-refractivity contribution in [3.8, 4) is 6.07 Å². The van der Waals surface area contributed by atoms with Crippen LogP contribution in [0.1, 0.15) is 18.9 Å². The number of nitrogens with two attached hydrogens (primary N) is 1. The van der Waals surface area contributed by atoms with E-state index in [-0.39, 0.29) is 5.54 Å². The van der Waals surface area contributed by atoms with Crippen molar-refractivity contribution in [3.63, 3.8) is 0 Å². The van der Waals surface area contributed by atoms with Crippen molar-refractivity contribution in [3.05, 3.63) is 23.8 Å². The highest BCUT2D eigenvalue weighted by Crippen LogP contribution is 2.25. The van der Waals surface area contributed by atoms with E-state index in [0.29, 0.717) is 17.9 Å². The number of anilines is 2. The van der Waals surface area contributed by atoms with Crippen LogP contribution in [0.2, 0.25) is 0 Å². The van der Waals surface area contributed by atoms with E-state index in [1.807, 2.05) is 12.1 Å². The molecule has 16 heavy (non-hydrogen) atoms. The van der Waals surface area contributed by atoms with Gasteiger partial charge in [0.2, 0.25) is 0 Å². The van der Waals surface area contributed by atoms with E-state index in [4.69, 9.17) is 15.7 Å². The normalized spacial score (nSPS) is 24.0. The zero-order valence-corrected chi connectivity index (χ0v) is 9.29. The molecule has 1 aliphatic rings. The highest BCUT2D eigenvalue weighted by molar-refractivity contribution is 5.63. The second kappa shape index (κ2) is 4.03. The summed E-state index contributed by atoms with van der Waals surface area (Å²) in [5, 5.41) is 12.2. The summed E-state index contributed by atoms with van der Waals surface area (Å²) in [6.07, 6.45) is 0.979. The molecule has 0 bridgehead atoms. The number of nitrogens with zero attached hydrogens (tertiary/aromatic N) is 1. The molecule has 4 heteroatoms. The predicted octanol–water partition coefficient (Wildman–Crippen LogP) is 1.73. The fraction of sp³-hybridized carbons (Fsp3) is 0.417. The maximum Gasteiger partial charge on any atom is 0.101 e. The minimum atomic E-state index is -0.0272. The van der Waals surface area contributed by atoms with Gasteiger partial charge in [-0.1, -0.05) is 0 Å². The van der Waals surface area contributed by atoms with Gasteiger partial charge in [0.15, 0.2) is 0 Å². The summed E-state index contributed by atoms with van der Waals surface area (Å²) < 4.78 is 5.36. The molecule has 0 spiro atoms. The molecule has 0 amide bonds. The second-order valence-electron chi connectivity index (χ2n) is 4.40. The van der Waals surface area contributed by atoms with Crippen LogP contribution in [0.25, 0.3) is 0 Å². The van der Waals surface area contributed by atoms with E-state index in [2.05, 4.69) is 12.2 Å². The van der Waals surface area contributed by atoms with E-state index in [0.717, 1.165) is 18.7 Å².